The fourth-order valence-electron chi connectivity index (χ4n) is 3.31. The van der Waals surface area contributed by atoms with Crippen LogP contribution in [0.3, 0.4) is 0 Å². The van der Waals surface area contributed by atoms with Gasteiger partial charge in [0.05, 0.1) is 11.7 Å². The van der Waals surface area contributed by atoms with E-state index in [2.05, 4.69) is 10.6 Å². The number of nitrogens with one attached hydrogen (secondary N) is 2. The van der Waals surface area contributed by atoms with E-state index in [1.54, 1.807) is 0 Å². The highest BCUT2D eigenvalue weighted by Gasteiger charge is 2.48. The number of aliphatic hydroxyl groups is 1. The van der Waals surface area contributed by atoms with Crippen LogP contribution in [-0.2, 0) is 10.0 Å². The van der Waals surface area contributed by atoms with Crippen molar-refractivity contribution in [3.63, 3.8) is 0 Å². The van der Waals surface area contributed by atoms with Crippen LogP contribution in [0.5, 0.6) is 0 Å². The van der Waals surface area contributed by atoms with Gasteiger partial charge in [-0.1, -0.05) is 0 Å². The lowest BCUT2D eigenvalue weighted by Crippen LogP contribution is -2.34. The molecular weight excluding hydrogens is 382 g/mol. The lowest BCUT2D eigenvalue weighted by molar-refractivity contribution is 0.0862. The standard InChI is InChI=1S/C16H19N3O5S.ClH/c20-13-8-17-6-10(13)7-18-15(21)9-1-4-12-14(5-9)25(23,24)19(16(12)22)11-2-3-11;/h1,4-5,10-11,13,17,20H,2-3,6-8H2,(H,18,21);1H. The molecular formula is C16H20ClN3O5S. The Balaban J connectivity index is 0.00000196. The van der Waals surface area contributed by atoms with Crippen molar-refractivity contribution < 1.29 is 23.1 Å². The van der Waals surface area contributed by atoms with Crippen LogP contribution >= 0.6 is 12.4 Å². The summed E-state index contributed by atoms with van der Waals surface area (Å²) >= 11 is 0. The SMILES string of the molecule is Cl.O=C(NCC1CNCC1O)c1ccc2c(c1)S(=O)(=O)N(C1CC1)C2=O. The monoisotopic (exact) mass is 401 g/mol. The number of hydrogen-bond donors (Lipinski definition) is 3. The number of amides is 2. The Hall–Kier alpha value is -1.68. The summed E-state index contributed by atoms with van der Waals surface area (Å²) in [5.74, 6) is -1.01. The van der Waals surface area contributed by atoms with E-state index in [9.17, 15) is 23.1 Å². The first kappa shape index (κ1) is 19.1. The molecule has 1 saturated carbocycles. The molecule has 26 heavy (non-hydrogen) atoms. The van der Waals surface area contributed by atoms with E-state index in [0.717, 1.165) is 4.31 Å². The molecule has 4 rings (SSSR count). The molecule has 2 atom stereocenters. The molecule has 10 heteroatoms. The highest BCUT2D eigenvalue weighted by atomic mass is 35.5. The van der Waals surface area contributed by atoms with Gasteiger partial charge in [-0.05, 0) is 31.0 Å². The van der Waals surface area contributed by atoms with E-state index < -0.39 is 27.9 Å². The van der Waals surface area contributed by atoms with Crippen LogP contribution < -0.4 is 10.6 Å². The highest BCUT2D eigenvalue weighted by Crippen LogP contribution is 2.39. The molecule has 2 heterocycles. The Labute approximate surface area is 157 Å². The summed E-state index contributed by atoms with van der Waals surface area (Å²) < 4.78 is 26.1. The summed E-state index contributed by atoms with van der Waals surface area (Å²) in [6.45, 7) is 1.41. The number of carbonyl (C=O) groups is 2. The lowest BCUT2D eigenvalue weighted by atomic mass is 10.1. The van der Waals surface area contributed by atoms with E-state index in [1.165, 1.54) is 18.2 Å². The Morgan fingerprint density at radius 1 is 1.31 bits per heavy atom. The van der Waals surface area contributed by atoms with Crippen LogP contribution in [0, 0.1) is 5.92 Å². The molecule has 142 valence electrons. The molecule has 1 aromatic rings. The molecule has 0 spiro atoms. The third-order valence-electron chi connectivity index (χ3n) is 4.92. The van der Waals surface area contributed by atoms with Crippen LogP contribution in [0.2, 0.25) is 0 Å². The van der Waals surface area contributed by atoms with Gasteiger partial charge in [-0.15, -0.1) is 12.4 Å². The Morgan fingerprint density at radius 2 is 2.04 bits per heavy atom. The predicted molar refractivity (Wildman–Crippen MR) is 94.8 cm³/mol. The van der Waals surface area contributed by atoms with Crippen molar-refractivity contribution >= 4 is 34.2 Å². The molecule has 2 amide bonds. The van der Waals surface area contributed by atoms with Gasteiger partial charge in [0.25, 0.3) is 21.8 Å². The van der Waals surface area contributed by atoms with Gasteiger partial charge in [0, 0.05) is 37.2 Å². The number of aliphatic hydroxyl groups excluding tert-OH is 1. The zero-order valence-electron chi connectivity index (χ0n) is 13.8. The number of sulfonamides is 1. The number of benzene rings is 1. The van der Waals surface area contributed by atoms with Crippen LogP contribution in [0.15, 0.2) is 23.1 Å². The van der Waals surface area contributed by atoms with Crippen molar-refractivity contribution in [2.24, 2.45) is 5.92 Å². The average molecular weight is 402 g/mol. The van der Waals surface area contributed by atoms with Crippen LogP contribution in [0.1, 0.15) is 33.6 Å². The highest BCUT2D eigenvalue weighted by molar-refractivity contribution is 7.90. The van der Waals surface area contributed by atoms with Crippen molar-refractivity contribution in [3.8, 4) is 0 Å². The molecule has 0 aromatic heterocycles. The third-order valence-corrected chi connectivity index (χ3v) is 6.79. The maximum absolute atomic E-state index is 12.6. The molecule has 1 aromatic carbocycles. The summed E-state index contributed by atoms with van der Waals surface area (Å²) in [5.41, 5.74) is 0.312. The first-order valence-corrected chi connectivity index (χ1v) is 9.73. The molecule has 0 bridgehead atoms. The number of carbonyl (C=O) groups excluding carboxylic acids is 2. The number of hydrogen-bond acceptors (Lipinski definition) is 6. The van der Waals surface area contributed by atoms with Crippen molar-refractivity contribution in [2.45, 2.75) is 29.9 Å². The van der Waals surface area contributed by atoms with Crippen molar-refractivity contribution in [3.05, 3.63) is 29.3 Å². The lowest BCUT2D eigenvalue weighted by Gasteiger charge is -2.14. The fraction of sp³-hybridized carbons (Fsp3) is 0.500. The van der Waals surface area contributed by atoms with E-state index in [-0.39, 0.29) is 40.4 Å². The minimum absolute atomic E-state index is 0. The van der Waals surface area contributed by atoms with Crippen LogP contribution in [-0.4, -0.2) is 61.4 Å². The second kappa shape index (κ2) is 6.80. The Bertz CT molecular complexity index is 855. The van der Waals surface area contributed by atoms with Crippen LogP contribution in [0.4, 0.5) is 0 Å². The Morgan fingerprint density at radius 3 is 2.65 bits per heavy atom. The first-order chi connectivity index (χ1) is 11.9. The molecule has 2 unspecified atom stereocenters. The Kier molecular flexibility index (Phi) is 5.00. The summed E-state index contributed by atoms with van der Waals surface area (Å²) in [6.07, 6.45) is 0.860. The zero-order valence-corrected chi connectivity index (χ0v) is 15.5. The van der Waals surface area contributed by atoms with Crippen molar-refractivity contribution in [1.82, 2.24) is 14.9 Å². The van der Waals surface area contributed by atoms with E-state index in [0.29, 0.717) is 32.5 Å². The second-order valence-corrected chi connectivity index (χ2v) is 8.53. The second-order valence-electron chi connectivity index (χ2n) is 6.74. The molecule has 0 radical (unpaired) electrons. The van der Waals surface area contributed by atoms with Crippen molar-refractivity contribution in [2.75, 3.05) is 19.6 Å². The van der Waals surface area contributed by atoms with Gasteiger partial charge in [-0.3, -0.25) is 9.59 Å². The van der Waals surface area contributed by atoms with Crippen LogP contribution in [0.25, 0.3) is 0 Å². The minimum Gasteiger partial charge on any atom is -0.391 e. The number of β-amino-alcohol motifs (C(OH)–C–C–N with tert-alkyl or cyclic N) is 1. The topological polar surface area (TPSA) is 116 Å². The molecule has 3 aliphatic rings. The van der Waals surface area contributed by atoms with Gasteiger partial charge >= 0.3 is 0 Å². The quantitative estimate of drug-likeness (QED) is 0.639. The zero-order chi connectivity index (χ0) is 17.8. The summed E-state index contributed by atoms with van der Waals surface area (Å²) in [7, 11) is -3.87. The smallest absolute Gasteiger partial charge is 0.269 e. The first-order valence-electron chi connectivity index (χ1n) is 8.29. The molecule has 1 saturated heterocycles. The molecule has 2 aliphatic heterocycles. The van der Waals surface area contributed by atoms with Gasteiger partial charge in [-0.2, -0.15) is 0 Å². The molecule has 3 N–H and O–H groups in total. The van der Waals surface area contributed by atoms with Gasteiger partial charge < -0.3 is 15.7 Å². The maximum atomic E-state index is 12.6. The largest absolute Gasteiger partial charge is 0.391 e. The average Bonchev–Trinajstić information content (AvgIpc) is 3.28. The predicted octanol–water partition coefficient (Wildman–Crippen LogP) is -0.275. The van der Waals surface area contributed by atoms with Gasteiger partial charge in [-0.25, -0.2) is 12.7 Å². The maximum Gasteiger partial charge on any atom is 0.269 e. The molecule has 1 aliphatic carbocycles. The summed E-state index contributed by atoms with van der Waals surface area (Å²) in [6, 6.07) is 3.88. The van der Waals surface area contributed by atoms with Gasteiger partial charge in [0.2, 0.25) is 0 Å². The number of fused-ring (bicyclic) bond motifs is 1. The summed E-state index contributed by atoms with van der Waals surface area (Å²) in [5, 5.41) is 15.5. The number of rotatable bonds is 4. The molecule has 2 fully saturated rings. The van der Waals surface area contributed by atoms with E-state index in [1.807, 2.05) is 0 Å². The third kappa shape index (κ3) is 3.09. The van der Waals surface area contributed by atoms with Crippen molar-refractivity contribution in [1.29, 1.82) is 0 Å². The number of halogens is 1. The summed E-state index contributed by atoms with van der Waals surface area (Å²) in [4.78, 5) is 24.5. The number of nitrogens with zero attached hydrogens (tertiary/aromatic N) is 1. The van der Waals surface area contributed by atoms with Gasteiger partial charge in [0.15, 0.2) is 0 Å². The minimum atomic E-state index is -3.87. The van der Waals surface area contributed by atoms with Gasteiger partial charge in [0.1, 0.15) is 4.90 Å². The normalized spacial score (nSPS) is 26.3. The van der Waals surface area contributed by atoms with E-state index >= 15 is 0 Å². The van der Waals surface area contributed by atoms with E-state index in [4.69, 9.17) is 0 Å². The molecule has 8 nitrogen and oxygen atoms in total. The fourth-order valence-corrected chi connectivity index (χ4v) is 5.15.